The van der Waals surface area contributed by atoms with Gasteiger partial charge >= 0.3 is 11.9 Å². The van der Waals surface area contributed by atoms with Crippen LogP contribution in [0.4, 0.5) is 0 Å². The van der Waals surface area contributed by atoms with E-state index in [9.17, 15) is 39.0 Å². The van der Waals surface area contributed by atoms with E-state index in [-0.39, 0.29) is 54.8 Å². The highest BCUT2D eigenvalue weighted by Gasteiger charge is 2.53. The smallest absolute Gasteiger partial charge is 0.329 e. The molecule has 1 saturated carbocycles. The minimum atomic E-state index is -2.44. The van der Waals surface area contributed by atoms with E-state index in [0.717, 1.165) is 5.57 Å². The molecule has 4 rings (SSSR count). The fourth-order valence-electron chi connectivity index (χ4n) is 10.5. The van der Waals surface area contributed by atoms with Crippen LogP contribution >= 0.6 is 0 Å². The lowest BCUT2D eigenvalue weighted by atomic mass is 9.78. The maximum atomic E-state index is 14.4. The van der Waals surface area contributed by atoms with Gasteiger partial charge in [-0.15, -0.1) is 0 Å². The number of carbonyl (C=O) groups is 6. The summed E-state index contributed by atoms with van der Waals surface area (Å²) in [6.07, 6.45) is 11.2. The number of aliphatic hydroxyl groups excluding tert-OH is 1. The van der Waals surface area contributed by atoms with Crippen LogP contribution in [-0.2, 0) is 57.2 Å². The minimum Gasteiger partial charge on any atom is -0.460 e. The van der Waals surface area contributed by atoms with Crippen molar-refractivity contribution in [2.24, 2.45) is 35.5 Å². The summed E-state index contributed by atoms with van der Waals surface area (Å²) < 4.78 is 35.4. The van der Waals surface area contributed by atoms with Crippen LogP contribution in [0.1, 0.15) is 132 Å². The van der Waals surface area contributed by atoms with Gasteiger partial charge in [0.05, 0.1) is 24.4 Å². The van der Waals surface area contributed by atoms with Crippen LogP contribution in [-0.4, -0.2) is 133 Å². The fraction of sp³-hybridized carbons (Fsp3) is 0.736. The molecule has 15 heteroatoms. The lowest BCUT2D eigenvalue weighted by Gasteiger charge is -2.42. The molecule has 1 aliphatic carbocycles. The van der Waals surface area contributed by atoms with Crippen LogP contribution in [0.3, 0.4) is 0 Å². The van der Waals surface area contributed by atoms with E-state index in [2.05, 4.69) is 0 Å². The molecule has 15 atom stereocenters. The fourth-order valence-corrected chi connectivity index (χ4v) is 10.5. The predicted octanol–water partition coefficient (Wildman–Crippen LogP) is 6.75. The largest absolute Gasteiger partial charge is 0.460 e. The van der Waals surface area contributed by atoms with Gasteiger partial charge in [-0.25, -0.2) is 4.79 Å². The number of nitrogens with zero attached hydrogens (tertiary/aromatic N) is 1. The van der Waals surface area contributed by atoms with Crippen molar-refractivity contribution in [3.8, 4) is 0 Å². The standard InChI is InChI=1S/C53H81NO14/c1-31-17-13-12-14-18-32(2)44(63-9)29-40-22-20-37(7)53(62,68-40)50(59)51(60)54-24-16-15-19-41(54)52(61)67-45(34(4)27-39-21-23-42(56)46(28-39)64-10)30-43(57)33(3)26-36(6)48(66-38(8)55)49(65-11)47(58)35(5)25-31/h12-14,17-18,26,31,34-37,39-42,44-46,48-49,56,62H,15-16,19-25,27-30H2,1-11H3/t31-,34-,35-,36?,37-,39+,40+,41?,42-,44+,45+,46-,48-,49+,53-/m1/s1. The molecule has 2 unspecified atom stereocenters. The SMILES string of the molecule is CO[C@H]1C[C@@H]2CC[C@@H](C)[C@@](O)(O2)C(=O)C(=O)N2CCCCC2C(=O)O[C@H]([C@H](C)C[C@@H]2CC[C@@H](O)[C@H](OC)C2)CC(=O)C(C)=CC(C)[C@@H](OC(C)=O)[C@@H](OC)C(=O)[C@H](C)C[C@H](C)C=CC=CC=C1C. The Morgan fingerprint density at radius 2 is 1.62 bits per heavy atom. The number of rotatable bonds is 7. The molecule has 2 bridgehead atoms. The van der Waals surface area contributed by atoms with Crippen LogP contribution in [0, 0.1) is 35.5 Å². The molecule has 1 amide bonds. The summed E-state index contributed by atoms with van der Waals surface area (Å²) in [5.74, 6) is -8.74. The highest BCUT2D eigenvalue weighted by Crippen LogP contribution is 2.38. The number of hydrogen-bond acceptors (Lipinski definition) is 14. The Bertz CT molecular complexity index is 1870. The molecule has 3 heterocycles. The van der Waals surface area contributed by atoms with Crippen molar-refractivity contribution >= 4 is 35.2 Å². The van der Waals surface area contributed by atoms with Gasteiger partial charge in [-0.3, -0.25) is 24.0 Å². The number of ether oxygens (including phenoxy) is 6. The number of hydrogen-bond donors (Lipinski definition) is 2. The van der Waals surface area contributed by atoms with Gasteiger partial charge < -0.3 is 43.5 Å². The number of amides is 1. The maximum absolute atomic E-state index is 14.4. The number of carbonyl (C=O) groups excluding carboxylic acids is 6. The highest BCUT2D eigenvalue weighted by molar-refractivity contribution is 6.39. The first-order valence-electron chi connectivity index (χ1n) is 24.8. The molecule has 3 aliphatic heterocycles. The van der Waals surface area contributed by atoms with Gasteiger partial charge in [0.2, 0.25) is 5.79 Å². The van der Waals surface area contributed by atoms with Crippen molar-refractivity contribution < 1.29 is 67.4 Å². The average molecular weight is 956 g/mol. The van der Waals surface area contributed by atoms with Gasteiger partial charge in [-0.2, -0.15) is 0 Å². The van der Waals surface area contributed by atoms with E-state index in [1.807, 2.05) is 58.1 Å². The molecule has 3 fully saturated rings. The summed E-state index contributed by atoms with van der Waals surface area (Å²) in [7, 11) is 4.52. The number of Topliss-reactive ketones (excluding diaryl/α,β-unsaturated/α-hetero) is 3. The number of ketones is 3. The van der Waals surface area contributed by atoms with Crippen LogP contribution < -0.4 is 0 Å². The molecule has 68 heavy (non-hydrogen) atoms. The molecule has 0 aromatic carbocycles. The van der Waals surface area contributed by atoms with Gasteiger partial charge in [0, 0.05) is 65.4 Å². The predicted molar refractivity (Wildman–Crippen MR) is 255 cm³/mol. The quantitative estimate of drug-likeness (QED) is 0.200. The summed E-state index contributed by atoms with van der Waals surface area (Å²) in [6, 6.07) is -1.16. The van der Waals surface area contributed by atoms with Crippen molar-refractivity contribution in [2.45, 2.75) is 187 Å². The number of fused-ring (bicyclic) bond motifs is 3. The minimum absolute atomic E-state index is 0.0104. The van der Waals surface area contributed by atoms with Gasteiger partial charge in [0.15, 0.2) is 17.7 Å². The van der Waals surface area contributed by atoms with Gasteiger partial charge in [-0.05, 0) is 107 Å². The third-order valence-corrected chi connectivity index (χ3v) is 14.8. The Balaban J connectivity index is 1.75. The van der Waals surface area contributed by atoms with Gasteiger partial charge in [0.1, 0.15) is 18.2 Å². The normalized spacial score (nSPS) is 36.6. The zero-order chi connectivity index (χ0) is 50.5. The Hall–Kier alpha value is -3.86. The van der Waals surface area contributed by atoms with Crippen molar-refractivity contribution in [1.29, 1.82) is 0 Å². The van der Waals surface area contributed by atoms with E-state index in [1.54, 1.807) is 41.1 Å². The number of esters is 2. The molecule has 2 N–H and O–H groups in total. The second-order valence-corrected chi connectivity index (χ2v) is 20.2. The molecule has 382 valence electrons. The number of cyclic esters (lactones) is 1. The first-order chi connectivity index (χ1) is 32.1. The van der Waals surface area contributed by atoms with E-state index in [4.69, 9.17) is 28.4 Å². The average Bonchev–Trinajstić information content (AvgIpc) is 3.30. The zero-order valence-electron chi connectivity index (χ0n) is 42.5. The molecule has 0 aromatic rings. The number of allylic oxidation sites excluding steroid dienone is 6. The summed E-state index contributed by atoms with van der Waals surface area (Å²) in [6.45, 7) is 14.0. The second-order valence-electron chi connectivity index (χ2n) is 20.2. The second kappa shape index (κ2) is 26.4. The van der Waals surface area contributed by atoms with Crippen LogP contribution in [0.25, 0.3) is 0 Å². The molecule has 0 aromatic heterocycles. The van der Waals surface area contributed by atoms with E-state index < -0.39 is 89.8 Å². The molecule has 0 radical (unpaired) electrons. The topological polar surface area (TPSA) is 201 Å². The van der Waals surface area contributed by atoms with Crippen LogP contribution in [0.5, 0.6) is 0 Å². The highest BCUT2D eigenvalue weighted by atomic mass is 16.6. The number of methoxy groups -OCH3 is 3. The molecule has 15 nitrogen and oxygen atoms in total. The van der Waals surface area contributed by atoms with Crippen molar-refractivity contribution in [2.75, 3.05) is 27.9 Å². The first kappa shape index (κ1) is 56.7. The lowest BCUT2D eigenvalue weighted by Crippen LogP contribution is -2.61. The Kier molecular flexibility index (Phi) is 22.0. The number of aliphatic hydroxyl groups is 2. The van der Waals surface area contributed by atoms with Crippen molar-refractivity contribution in [3.05, 3.63) is 47.6 Å². The van der Waals surface area contributed by atoms with Crippen molar-refractivity contribution in [3.63, 3.8) is 0 Å². The molecule has 0 spiro atoms. The summed E-state index contributed by atoms with van der Waals surface area (Å²) in [5.41, 5.74) is 1.17. The van der Waals surface area contributed by atoms with Gasteiger partial charge in [-0.1, -0.05) is 71.1 Å². The third-order valence-electron chi connectivity index (χ3n) is 14.8. The monoisotopic (exact) mass is 956 g/mol. The molecule has 4 aliphatic rings. The van der Waals surface area contributed by atoms with E-state index >= 15 is 0 Å². The number of piperidine rings is 1. The lowest BCUT2D eigenvalue weighted by molar-refractivity contribution is -0.265. The molecular weight excluding hydrogens is 875 g/mol. The third kappa shape index (κ3) is 15.1. The zero-order valence-corrected chi connectivity index (χ0v) is 42.5. The Morgan fingerprint density at radius 3 is 2.28 bits per heavy atom. The Morgan fingerprint density at radius 1 is 0.897 bits per heavy atom. The molecule has 2 saturated heterocycles. The first-order valence-corrected chi connectivity index (χ1v) is 24.8. The van der Waals surface area contributed by atoms with Gasteiger partial charge in [0.25, 0.3) is 11.7 Å². The summed E-state index contributed by atoms with van der Waals surface area (Å²) in [4.78, 5) is 85.0. The maximum Gasteiger partial charge on any atom is 0.329 e. The Labute approximate surface area is 404 Å². The van der Waals surface area contributed by atoms with E-state index in [1.165, 1.54) is 18.9 Å². The van der Waals surface area contributed by atoms with Crippen LogP contribution in [0.15, 0.2) is 47.6 Å². The molecular formula is C53H81NO14. The van der Waals surface area contributed by atoms with Crippen LogP contribution in [0.2, 0.25) is 0 Å². The van der Waals surface area contributed by atoms with Crippen molar-refractivity contribution in [1.82, 2.24) is 4.90 Å². The summed E-state index contributed by atoms with van der Waals surface area (Å²) in [5, 5.41) is 22.5. The summed E-state index contributed by atoms with van der Waals surface area (Å²) >= 11 is 0. The van der Waals surface area contributed by atoms with E-state index in [0.29, 0.717) is 69.8 Å².